The van der Waals surface area contributed by atoms with E-state index >= 15 is 0 Å². The van der Waals surface area contributed by atoms with Crippen molar-refractivity contribution in [3.05, 3.63) is 12.2 Å². The standard InChI is InChI=1S/C74H141NO18/c1-3-5-7-9-11-13-15-17-19-21-23-24-25-26-27-28-29-30-31-32-34-36-38-40-42-44-46-48-50-52-62(80)75-57(58(79)51-49-47-45-43-41-39-37-35-33-22-20-18-16-14-12-10-8-6-4-2)56-88-72-68(86)65(83)70(60(54-77)90-72)93-74-69(87)66(84)71(61(55-78)91-74)92-73-67(85)64(82)63(81)59(53-76)89-73/h21,23,57-61,63-74,76-79,81-87H,3-20,22,24-56H2,1-2H3,(H,75,80)/b23-21-. The topological polar surface area (TPSA) is 307 Å². The van der Waals surface area contributed by atoms with Gasteiger partial charge in [-0.15, -0.1) is 0 Å². The number of nitrogens with one attached hydrogen (secondary N) is 1. The van der Waals surface area contributed by atoms with Gasteiger partial charge in [0.2, 0.25) is 5.91 Å². The van der Waals surface area contributed by atoms with Crippen LogP contribution in [0, 0.1) is 0 Å². The van der Waals surface area contributed by atoms with Crippen molar-refractivity contribution >= 4 is 5.91 Å². The molecule has 19 nitrogen and oxygen atoms in total. The number of amides is 1. The van der Waals surface area contributed by atoms with E-state index in [2.05, 4.69) is 31.3 Å². The van der Waals surface area contributed by atoms with E-state index in [1.165, 1.54) is 244 Å². The minimum Gasteiger partial charge on any atom is -0.394 e. The van der Waals surface area contributed by atoms with E-state index in [0.717, 1.165) is 44.9 Å². The SMILES string of the molecule is CCCCCCCCCC/C=C\CCCCCCCCCCCCCCCCCCCC(=O)NC(COC1OC(CO)C(OC2OC(CO)C(OC3OC(CO)C(O)C(O)C3O)C(O)C2O)C(O)C1O)C(O)CCCCCCCCCCCCCCCCCCCCC. The van der Waals surface area contributed by atoms with Crippen LogP contribution in [0.2, 0.25) is 0 Å². The second-order valence-electron chi connectivity index (χ2n) is 27.8. The van der Waals surface area contributed by atoms with Gasteiger partial charge in [0, 0.05) is 6.42 Å². The van der Waals surface area contributed by atoms with E-state index in [4.69, 9.17) is 28.4 Å². The molecule has 0 saturated carbocycles. The Kier molecular flexibility index (Phi) is 51.9. The zero-order chi connectivity index (χ0) is 67.5. The second kappa shape index (κ2) is 56.3. The van der Waals surface area contributed by atoms with Gasteiger partial charge in [-0.1, -0.05) is 289 Å². The summed E-state index contributed by atoms with van der Waals surface area (Å²) in [5.74, 6) is -0.236. The third-order valence-electron chi connectivity index (χ3n) is 19.6. The average molecular weight is 1330 g/mol. The fourth-order valence-electron chi connectivity index (χ4n) is 13.4. The fourth-order valence-corrected chi connectivity index (χ4v) is 13.4. The molecule has 3 heterocycles. The first-order valence-electron chi connectivity index (χ1n) is 38.4. The van der Waals surface area contributed by atoms with Gasteiger partial charge in [0.15, 0.2) is 18.9 Å². The molecule has 93 heavy (non-hydrogen) atoms. The van der Waals surface area contributed by atoms with Crippen molar-refractivity contribution in [3.63, 3.8) is 0 Å². The summed E-state index contributed by atoms with van der Waals surface area (Å²) >= 11 is 0. The zero-order valence-corrected chi connectivity index (χ0v) is 58.5. The molecule has 3 fully saturated rings. The summed E-state index contributed by atoms with van der Waals surface area (Å²) in [6.07, 6.45) is 37.2. The van der Waals surface area contributed by atoms with Gasteiger partial charge < -0.3 is 89.9 Å². The maximum absolute atomic E-state index is 13.5. The molecule has 0 spiro atoms. The molecule has 550 valence electrons. The van der Waals surface area contributed by atoms with Crippen LogP contribution in [0.4, 0.5) is 0 Å². The van der Waals surface area contributed by atoms with Crippen LogP contribution in [-0.4, -0.2) is 193 Å². The summed E-state index contributed by atoms with van der Waals surface area (Å²) in [6, 6.07) is -0.884. The maximum atomic E-state index is 13.5. The van der Waals surface area contributed by atoms with E-state index in [0.29, 0.717) is 12.8 Å². The number of carbonyl (C=O) groups excluding carboxylic acids is 1. The van der Waals surface area contributed by atoms with Crippen molar-refractivity contribution in [2.45, 2.75) is 426 Å². The minimum atomic E-state index is -1.97. The van der Waals surface area contributed by atoms with E-state index in [1.807, 2.05) is 0 Å². The fraction of sp³-hybridized carbons (Fsp3) is 0.959. The number of hydrogen-bond donors (Lipinski definition) is 12. The predicted molar refractivity (Wildman–Crippen MR) is 365 cm³/mol. The van der Waals surface area contributed by atoms with Crippen molar-refractivity contribution in [1.82, 2.24) is 5.32 Å². The van der Waals surface area contributed by atoms with Crippen molar-refractivity contribution in [3.8, 4) is 0 Å². The molecule has 12 N–H and O–H groups in total. The number of allylic oxidation sites excluding steroid dienone is 2. The number of rotatable bonds is 61. The third-order valence-corrected chi connectivity index (χ3v) is 19.6. The highest BCUT2D eigenvalue weighted by molar-refractivity contribution is 5.76. The summed E-state index contributed by atoms with van der Waals surface area (Å²) in [5.41, 5.74) is 0. The van der Waals surface area contributed by atoms with Crippen LogP contribution in [-0.2, 0) is 33.2 Å². The van der Waals surface area contributed by atoms with Crippen LogP contribution < -0.4 is 5.32 Å². The van der Waals surface area contributed by atoms with E-state index < -0.39 is 124 Å². The average Bonchev–Trinajstić information content (AvgIpc) is 1.00. The zero-order valence-electron chi connectivity index (χ0n) is 58.5. The van der Waals surface area contributed by atoms with Crippen molar-refractivity contribution in [2.75, 3.05) is 26.4 Å². The van der Waals surface area contributed by atoms with Gasteiger partial charge in [-0.05, 0) is 38.5 Å². The Morgan fingerprint density at radius 1 is 0.376 bits per heavy atom. The van der Waals surface area contributed by atoms with Crippen LogP contribution in [0.3, 0.4) is 0 Å². The summed E-state index contributed by atoms with van der Waals surface area (Å²) in [4.78, 5) is 13.5. The van der Waals surface area contributed by atoms with Gasteiger partial charge in [-0.25, -0.2) is 0 Å². The van der Waals surface area contributed by atoms with Gasteiger partial charge in [0.25, 0.3) is 0 Å². The highest BCUT2D eigenvalue weighted by Gasteiger charge is 2.53. The Labute approximate surface area is 563 Å². The van der Waals surface area contributed by atoms with E-state index in [1.54, 1.807) is 0 Å². The number of carbonyl (C=O) groups is 1. The Hall–Kier alpha value is -1.47. The lowest BCUT2D eigenvalue weighted by molar-refractivity contribution is -0.379. The quantitative estimate of drug-likeness (QED) is 0.0199. The molecule has 0 bridgehead atoms. The first kappa shape index (κ1) is 85.8. The van der Waals surface area contributed by atoms with E-state index in [-0.39, 0.29) is 18.9 Å². The van der Waals surface area contributed by atoms with Crippen LogP contribution in [0.15, 0.2) is 12.2 Å². The molecule has 3 aliphatic heterocycles. The summed E-state index contributed by atoms with van der Waals surface area (Å²) in [7, 11) is 0. The van der Waals surface area contributed by atoms with Gasteiger partial charge >= 0.3 is 0 Å². The molecular formula is C74H141NO18. The summed E-state index contributed by atoms with van der Waals surface area (Å²) in [5, 5.41) is 121. The van der Waals surface area contributed by atoms with Gasteiger partial charge in [-0.2, -0.15) is 0 Å². The van der Waals surface area contributed by atoms with Crippen molar-refractivity contribution in [1.29, 1.82) is 0 Å². The Bertz CT molecular complexity index is 1730. The molecule has 17 unspecified atom stereocenters. The predicted octanol–water partition coefficient (Wildman–Crippen LogP) is 11.6. The second-order valence-corrected chi connectivity index (χ2v) is 27.8. The molecule has 1 amide bonds. The smallest absolute Gasteiger partial charge is 0.220 e. The first-order chi connectivity index (χ1) is 45.3. The monoisotopic (exact) mass is 1330 g/mol. The highest BCUT2D eigenvalue weighted by Crippen LogP contribution is 2.33. The summed E-state index contributed by atoms with van der Waals surface area (Å²) in [6.45, 7) is 1.85. The number of ether oxygens (including phenoxy) is 6. The lowest BCUT2D eigenvalue weighted by atomic mass is 9.96. The first-order valence-corrected chi connectivity index (χ1v) is 38.4. The van der Waals surface area contributed by atoms with Crippen LogP contribution in [0.1, 0.15) is 322 Å². The largest absolute Gasteiger partial charge is 0.394 e. The molecule has 0 radical (unpaired) electrons. The minimum absolute atomic E-state index is 0.236. The molecule has 3 rings (SSSR count). The summed E-state index contributed by atoms with van der Waals surface area (Å²) < 4.78 is 34.5. The molecule has 19 heteroatoms. The van der Waals surface area contributed by atoms with Crippen LogP contribution in [0.25, 0.3) is 0 Å². The Morgan fingerprint density at radius 2 is 0.677 bits per heavy atom. The molecular weight excluding hydrogens is 1190 g/mol. The van der Waals surface area contributed by atoms with Crippen molar-refractivity contribution < 1.29 is 89.4 Å². The van der Waals surface area contributed by atoms with Gasteiger partial charge in [0.1, 0.15) is 73.2 Å². The van der Waals surface area contributed by atoms with Gasteiger partial charge in [0.05, 0.1) is 38.6 Å². The van der Waals surface area contributed by atoms with E-state index in [9.17, 15) is 61.0 Å². The van der Waals surface area contributed by atoms with Crippen LogP contribution in [0.5, 0.6) is 0 Å². The van der Waals surface area contributed by atoms with Crippen LogP contribution >= 0.6 is 0 Å². The number of unbranched alkanes of at least 4 members (excludes halogenated alkanes) is 43. The number of hydrogen-bond acceptors (Lipinski definition) is 18. The molecule has 0 aliphatic carbocycles. The number of aliphatic hydroxyl groups excluding tert-OH is 11. The molecule has 17 atom stereocenters. The molecule has 0 aromatic heterocycles. The normalized spacial score (nSPS) is 27.5. The highest BCUT2D eigenvalue weighted by atomic mass is 16.8. The Morgan fingerprint density at radius 3 is 1.04 bits per heavy atom. The Balaban J connectivity index is 1.37. The molecule has 0 aromatic carbocycles. The lowest BCUT2D eigenvalue weighted by Crippen LogP contribution is -2.66. The maximum Gasteiger partial charge on any atom is 0.220 e. The molecule has 3 aliphatic rings. The third kappa shape index (κ3) is 37.5. The lowest BCUT2D eigenvalue weighted by Gasteiger charge is -2.48. The van der Waals surface area contributed by atoms with Crippen molar-refractivity contribution in [2.24, 2.45) is 0 Å². The number of aliphatic hydroxyl groups is 11. The van der Waals surface area contributed by atoms with Gasteiger partial charge in [-0.3, -0.25) is 4.79 Å². The molecule has 3 saturated heterocycles. The molecule has 0 aromatic rings.